The van der Waals surface area contributed by atoms with Crippen molar-refractivity contribution in [3.63, 3.8) is 0 Å². The Kier molecular flexibility index (Phi) is 3.30. The number of Topliss-reactive ketones (excluding diaryl/α,β-unsaturated/α-hetero) is 1. The van der Waals surface area contributed by atoms with E-state index in [0.717, 1.165) is 0 Å². The van der Waals surface area contributed by atoms with Gasteiger partial charge in [0, 0.05) is 5.41 Å². The number of carbonyl (C=O) groups is 2. The van der Waals surface area contributed by atoms with Gasteiger partial charge < -0.3 is 0 Å². The molecule has 0 amide bonds. The van der Waals surface area contributed by atoms with Gasteiger partial charge in [-0.1, -0.05) is 20.8 Å². The quantitative estimate of drug-likeness (QED) is 0.510. The Morgan fingerprint density at radius 1 is 1.27 bits per heavy atom. The molecule has 1 unspecified atom stereocenters. The number of rotatable bonds is 2. The van der Waals surface area contributed by atoms with Gasteiger partial charge in [-0.15, -0.1) is 12.6 Å². The predicted octanol–water partition coefficient (Wildman–Crippen LogP) is 1.69. The van der Waals surface area contributed by atoms with Gasteiger partial charge in [-0.25, -0.2) is 0 Å². The van der Waals surface area contributed by atoms with Crippen LogP contribution in [0.5, 0.6) is 0 Å². The minimum absolute atomic E-state index is 0.0579. The topological polar surface area (TPSA) is 34.1 Å². The first-order valence-corrected chi connectivity index (χ1v) is 3.98. The molecule has 3 heteroatoms. The molecule has 11 heavy (non-hydrogen) atoms. The zero-order valence-corrected chi connectivity index (χ0v) is 8.24. The molecule has 0 saturated carbocycles. The Hall–Kier alpha value is -0.310. The first kappa shape index (κ1) is 10.7. The van der Waals surface area contributed by atoms with Crippen LogP contribution in [-0.4, -0.2) is 10.9 Å². The summed E-state index contributed by atoms with van der Waals surface area (Å²) in [6.07, 6.45) is 0. The van der Waals surface area contributed by atoms with E-state index < -0.39 is 11.3 Å². The van der Waals surface area contributed by atoms with E-state index in [4.69, 9.17) is 0 Å². The molecule has 0 spiro atoms. The van der Waals surface area contributed by atoms with E-state index in [1.54, 1.807) is 27.7 Å². The van der Waals surface area contributed by atoms with Crippen LogP contribution in [0.25, 0.3) is 0 Å². The van der Waals surface area contributed by atoms with Gasteiger partial charge in [0.2, 0.25) is 0 Å². The first-order chi connectivity index (χ1) is 4.76. The molecule has 0 rings (SSSR count). The molecular weight excluding hydrogens is 160 g/mol. The number of carbonyl (C=O) groups excluding carboxylic acids is 2. The molecular formula is C8H14O2S. The summed E-state index contributed by atoms with van der Waals surface area (Å²) in [4.78, 5) is 22.0. The van der Waals surface area contributed by atoms with Crippen LogP contribution in [0, 0.1) is 11.3 Å². The van der Waals surface area contributed by atoms with Crippen LogP contribution >= 0.6 is 12.6 Å². The molecule has 2 nitrogen and oxygen atoms in total. The maximum atomic E-state index is 11.3. The van der Waals surface area contributed by atoms with E-state index >= 15 is 0 Å². The Balaban J connectivity index is 4.39. The SMILES string of the molecule is CC(C(=O)S)C(=O)C(C)(C)C. The molecule has 0 fully saturated rings. The van der Waals surface area contributed by atoms with E-state index in [1.165, 1.54) is 0 Å². The van der Waals surface area contributed by atoms with Crippen molar-refractivity contribution < 1.29 is 9.59 Å². The van der Waals surface area contributed by atoms with Crippen molar-refractivity contribution in [1.82, 2.24) is 0 Å². The van der Waals surface area contributed by atoms with Gasteiger partial charge in [-0.2, -0.15) is 0 Å². The largest absolute Gasteiger partial charge is 0.298 e. The standard InChI is InChI=1S/C8H14O2S/c1-5(7(10)11)6(9)8(2,3)4/h5H,1-4H3,(H,10,11). The number of hydrogen-bond acceptors (Lipinski definition) is 2. The van der Waals surface area contributed by atoms with Crippen molar-refractivity contribution >= 4 is 23.5 Å². The normalized spacial score (nSPS) is 14.3. The fourth-order valence-electron chi connectivity index (χ4n) is 0.762. The molecule has 64 valence electrons. The van der Waals surface area contributed by atoms with Crippen molar-refractivity contribution in [2.75, 3.05) is 0 Å². The van der Waals surface area contributed by atoms with E-state index in [1.807, 2.05) is 0 Å². The lowest BCUT2D eigenvalue weighted by Gasteiger charge is -2.19. The van der Waals surface area contributed by atoms with Crippen molar-refractivity contribution in [1.29, 1.82) is 0 Å². The van der Waals surface area contributed by atoms with Crippen molar-refractivity contribution in [2.45, 2.75) is 27.7 Å². The summed E-state index contributed by atoms with van der Waals surface area (Å²) in [6, 6.07) is 0. The van der Waals surface area contributed by atoms with Gasteiger partial charge in [-0.3, -0.25) is 9.59 Å². The lowest BCUT2D eigenvalue weighted by Crippen LogP contribution is -2.29. The van der Waals surface area contributed by atoms with Crippen molar-refractivity contribution in [2.24, 2.45) is 11.3 Å². The van der Waals surface area contributed by atoms with Gasteiger partial charge in [-0.05, 0) is 6.92 Å². The van der Waals surface area contributed by atoms with Gasteiger partial charge in [0.25, 0.3) is 0 Å². The summed E-state index contributed by atoms with van der Waals surface area (Å²) in [5, 5.41) is -0.357. The van der Waals surface area contributed by atoms with E-state index in [0.29, 0.717) is 0 Å². The molecule has 0 heterocycles. The van der Waals surface area contributed by atoms with Crippen LogP contribution in [-0.2, 0) is 9.59 Å². The highest BCUT2D eigenvalue weighted by Crippen LogP contribution is 2.20. The Morgan fingerprint density at radius 2 is 1.64 bits per heavy atom. The van der Waals surface area contributed by atoms with Crippen LogP contribution in [0.3, 0.4) is 0 Å². The zero-order valence-electron chi connectivity index (χ0n) is 7.34. The number of ketones is 1. The highest BCUT2D eigenvalue weighted by molar-refractivity contribution is 7.96. The molecule has 0 aliphatic carbocycles. The minimum Gasteiger partial charge on any atom is -0.298 e. The van der Waals surface area contributed by atoms with E-state index in [9.17, 15) is 9.59 Å². The predicted molar refractivity (Wildman–Crippen MR) is 47.6 cm³/mol. The monoisotopic (exact) mass is 174 g/mol. The number of hydrogen-bond donors (Lipinski definition) is 1. The molecule has 0 radical (unpaired) electrons. The minimum atomic E-state index is -0.585. The van der Waals surface area contributed by atoms with Gasteiger partial charge >= 0.3 is 0 Å². The Morgan fingerprint density at radius 3 is 1.73 bits per heavy atom. The van der Waals surface area contributed by atoms with Crippen LogP contribution in [0.15, 0.2) is 0 Å². The average Bonchev–Trinajstić information content (AvgIpc) is 1.82. The van der Waals surface area contributed by atoms with Crippen LogP contribution in [0.4, 0.5) is 0 Å². The van der Waals surface area contributed by atoms with E-state index in [-0.39, 0.29) is 10.9 Å². The number of thiol groups is 1. The Bertz CT molecular complexity index is 179. The summed E-state index contributed by atoms with van der Waals surface area (Å²) >= 11 is 3.60. The summed E-state index contributed by atoms with van der Waals surface area (Å²) in [7, 11) is 0. The second-order valence-corrected chi connectivity index (χ2v) is 4.11. The zero-order chi connectivity index (χ0) is 9.23. The maximum Gasteiger partial charge on any atom is 0.196 e. The van der Waals surface area contributed by atoms with E-state index in [2.05, 4.69) is 12.6 Å². The average molecular weight is 174 g/mol. The first-order valence-electron chi connectivity index (χ1n) is 3.54. The van der Waals surface area contributed by atoms with Gasteiger partial charge in [0.1, 0.15) is 5.78 Å². The van der Waals surface area contributed by atoms with Gasteiger partial charge in [0.05, 0.1) is 5.92 Å². The molecule has 0 aromatic rings. The second-order valence-electron chi connectivity index (χ2n) is 3.67. The van der Waals surface area contributed by atoms with Crippen LogP contribution in [0.2, 0.25) is 0 Å². The Labute approximate surface area is 72.8 Å². The molecule has 0 aliphatic rings. The third-order valence-corrected chi connectivity index (χ3v) is 1.89. The summed E-state index contributed by atoms with van der Waals surface area (Å²) in [5.41, 5.74) is -0.447. The maximum absolute atomic E-state index is 11.3. The summed E-state index contributed by atoms with van der Waals surface area (Å²) < 4.78 is 0. The third kappa shape index (κ3) is 3.06. The molecule has 0 bridgehead atoms. The van der Waals surface area contributed by atoms with Gasteiger partial charge in [0.15, 0.2) is 5.12 Å². The van der Waals surface area contributed by atoms with Crippen LogP contribution < -0.4 is 0 Å². The fourth-order valence-corrected chi connectivity index (χ4v) is 0.879. The lowest BCUT2D eigenvalue weighted by molar-refractivity contribution is -0.133. The fraction of sp³-hybridized carbons (Fsp3) is 0.750. The molecule has 0 saturated heterocycles. The molecule has 1 atom stereocenters. The van der Waals surface area contributed by atoms with Crippen molar-refractivity contribution in [3.05, 3.63) is 0 Å². The third-order valence-electron chi connectivity index (χ3n) is 1.50. The lowest BCUT2D eigenvalue weighted by atomic mass is 9.84. The van der Waals surface area contributed by atoms with Crippen LogP contribution in [0.1, 0.15) is 27.7 Å². The summed E-state index contributed by atoms with van der Waals surface area (Å²) in [6.45, 7) is 6.97. The molecule has 0 aliphatic heterocycles. The highest BCUT2D eigenvalue weighted by atomic mass is 32.1. The second kappa shape index (κ2) is 3.39. The van der Waals surface area contributed by atoms with Crippen molar-refractivity contribution in [3.8, 4) is 0 Å². The summed E-state index contributed by atoms with van der Waals surface area (Å²) in [5.74, 6) is -0.643. The highest BCUT2D eigenvalue weighted by Gasteiger charge is 2.29. The molecule has 0 aromatic heterocycles. The molecule has 0 N–H and O–H groups in total. The molecule has 0 aromatic carbocycles. The smallest absolute Gasteiger partial charge is 0.196 e.